The lowest BCUT2D eigenvalue weighted by atomic mass is 9.72. The van der Waals surface area contributed by atoms with Gasteiger partial charge in [-0.15, -0.1) is 0 Å². The molecule has 0 aromatic heterocycles. The van der Waals surface area contributed by atoms with E-state index in [2.05, 4.69) is 25.8 Å². The van der Waals surface area contributed by atoms with E-state index in [1.54, 1.807) is 7.11 Å². The predicted molar refractivity (Wildman–Crippen MR) is 68.4 cm³/mol. The highest BCUT2D eigenvalue weighted by Gasteiger charge is 2.32. The van der Waals surface area contributed by atoms with Crippen molar-refractivity contribution in [2.24, 2.45) is 23.5 Å². The van der Waals surface area contributed by atoms with Crippen LogP contribution in [0, 0.1) is 17.8 Å². The second-order valence-electron chi connectivity index (χ2n) is 5.64. The van der Waals surface area contributed by atoms with Crippen molar-refractivity contribution in [3.8, 4) is 0 Å². The van der Waals surface area contributed by atoms with E-state index in [0.717, 1.165) is 31.5 Å². The van der Waals surface area contributed by atoms with Gasteiger partial charge >= 0.3 is 0 Å². The van der Waals surface area contributed by atoms with Gasteiger partial charge in [-0.05, 0) is 37.6 Å². The zero-order chi connectivity index (χ0) is 12.1. The average molecular weight is 228 g/mol. The molecule has 0 saturated heterocycles. The number of hydrogen-bond donors (Lipinski definition) is 1. The third-order valence-corrected chi connectivity index (χ3v) is 3.93. The number of likely N-dealkylation sites (N-methyl/N-ethyl adjacent to an activating group) is 1. The number of rotatable bonds is 5. The number of methoxy groups -OCH3 is 1. The second-order valence-corrected chi connectivity index (χ2v) is 5.64. The molecule has 0 radical (unpaired) electrons. The van der Waals surface area contributed by atoms with Crippen LogP contribution in [-0.4, -0.2) is 44.8 Å². The summed E-state index contributed by atoms with van der Waals surface area (Å²) in [6.45, 7) is 7.59. The van der Waals surface area contributed by atoms with E-state index in [1.165, 1.54) is 12.8 Å². The number of hydrogen-bond acceptors (Lipinski definition) is 3. The summed E-state index contributed by atoms with van der Waals surface area (Å²) >= 11 is 0. The molecule has 1 aliphatic rings. The highest BCUT2D eigenvalue weighted by molar-refractivity contribution is 4.86. The fourth-order valence-corrected chi connectivity index (χ4v) is 2.98. The summed E-state index contributed by atoms with van der Waals surface area (Å²) < 4.78 is 5.10. The second kappa shape index (κ2) is 6.58. The fourth-order valence-electron chi connectivity index (χ4n) is 2.98. The van der Waals surface area contributed by atoms with E-state index in [-0.39, 0.29) is 0 Å². The van der Waals surface area contributed by atoms with Crippen molar-refractivity contribution in [2.75, 3.05) is 33.9 Å². The molecule has 0 amide bonds. The van der Waals surface area contributed by atoms with Crippen molar-refractivity contribution >= 4 is 0 Å². The van der Waals surface area contributed by atoms with E-state index in [0.29, 0.717) is 12.0 Å². The molecule has 2 N–H and O–H groups in total. The maximum atomic E-state index is 6.28. The van der Waals surface area contributed by atoms with Crippen LogP contribution in [0.4, 0.5) is 0 Å². The van der Waals surface area contributed by atoms with Crippen LogP contribution in [0.15, 0.2) is 0 Å². The van der Waals surface area contributed by atoms with Gasteiger partial charge in [0.15, 0.2) is 0 Å². The smallest absolute Gasteiger partial charge is 0.0589 e. The van der Waals surface area contributed by atoms with Gasteiger partial charge in [0.25, 0.3) is 0 Å². The molecule has 0 aromatic carbocycles. The summed E-state index contributed by atoms with van der Waals surface area (Å²) in [5.41, 5.74) is 6.28. The molecule has 0 spiro atoms. The van der Waals surface area contributed by atoms with Gasteiger partial charge < -0.3 is 15.4 Å². The molecule has 96 valence electrons. The van der Waals surface area contributed by atoms with E-state index in [4.69, 9.17) is 10.5 Å². The van der Waals surface area contributed by atoms with Crippen LogP contribution in [0.1, 0.15) is 26.7 Å². The fraction of sp³-hybridized carbons (Fsp3) is 1.00. The molecule has 4 unspecified atom stereocenters. The predicted octanol–water partition coefficient (Wildman–Crippen LogP) is 1.57. The topological polar surface area (TPSA) is 38.5 Å². The standard InChI is InChI=1S/C13H28N2O/c1-10-7-11(2)12(13(14)8-10)9-15(3)5-6-16-4/h10-13H,5-9,14H2,1-4H3. The molecule has 0 heterocycles. The van der Waals surface area contributed by atoms with Crippen molar-refractivity contribution in [3.63, 3.8) is 0 Å². The van der Waals surface area contributed by atoms with E-state index in [9.17, 15) is 0 Å². The Labute approximate surface area is 100 Å². The minimum absolute atomic E-state index is 0.378. The summed E-state index contributed by atoms with van der Waals surface area (Å²) in [4.78, 5) is 2.35. The van der Waals surface area contributed by atoms with E-state index >= 15 is 0 Å². The van der Waals surface area contributed by atoms with Gasteiger partial charge in [0.05, 0.1) is 6.61 Å². The molecule has 3 heteroatoms. The maximum absolute atomic E-state index is 6.28. The molecule has 0 bridgehead atoms. The zero-order valence-electron chi connectivity index (χ0n) is 11.3. The van der Waals surface area contributed by atoms with Crippen molar-refractivity contribution in [3.05, 3.63) is 0 Å². The third kappa shape index (κ3) is 4.04. The highest BCUT2D eigenvalue weighted by Crippen LogP contribution is 2.33. The first kappa shape index (κ1) is 13.9. The van der Waals surface area contributed by atoms with Crippen molar-refractivity contribution in [2.45, 2.75) is 32.7 Å². The minimum atomic E-state index is 0.378. The third-order valence-electron chi connectivity index (χ3n) is 3.93. The summed E-state index contributed by atoms with van der Waals surface area (Å²) in [7, 11) is 3.92. The van der Waals surface area contributed by atoms with Crippen LogP contribution >= 0.6 is 0 Å². The Morgan fingerprint density at radius 2 is 2.00 bits per heavy atom. The van der Waals surface area contributed by atoms with Gasteiger partial charge in [-0.2, -0.15) is 0 Å². The molecule has 1 rings (SSSR count). The summed E-state index contributed by atoms with van der Waals surface area (Å²) in [6, 6.07) is 0.378. The largest absolute Gasteiger partial charge is 0.383 e. The van der Waals surface area contributed by atoms with Gasteiger partial charge in [-0.1, -0.05) is 13.8 Å². The molecular formula is C13H28N2O. The van der Waals surface area contributed by atoms with Gasteiger partial charge in [0, 0.05) is 26.2 Å². The Bertz CT molecular complexity index is 186. The SMILES string of the molecule is COCCN(C)CC1C(C)CC(C)CC1N. The van der Waals surface area contributed by atoms with Crippen molar-refractivity contribution < 1.29 is 4.74 Å². The Kier molecular flexibility index (Phi) is 5.73. The van der Waals surface area contributed by atoms with Crippen LogP contribution in [0.25, 0.3) is 0 Å². The summed E-state index contributed by atoms with van der Waals surface area (Å²) in [5, 5.41) is 0. The highest BCUT2D eigenvalue weighted by atomic mass is 16.5. The molecule has 1 aliphatic carbocycles. The van der Waals surface area contributed by atoms with Crippen LogP contribution in [0.2, 0.25) is 0 Å². The van der Waals surface area contributed by atoms with Gasteiger partial charge in [-0.3, -0.25) is 0 Å². The lowest BCUT2D eigenvalue weighted by molar-refractivity contribution is 0.107. The van der Waals surface area contributed by atoms with Crippen LogP contribution in [-0.2, 0) is 4.74 Å². The minimum Gasteiger partial charge on any atom is -0.383 e. The molecule has 16 heavy (non-hydrogen) atoms. The Balaban J connectivity index is 2.39. The molecule has 0 aliphatic heterocycles. The molecule has 0 aromatic rings. The monoisotopic (exact) mass is 228 g/mol. The van der Waals surface area contributed by atoms with Gasteiger partial charge in [0.2, 0.25) is 0 Å². The van der Waals surface area contributed by atoms with Crippen molar-refractivity contribution in [1.82, 2.24) is 4.90 Å². The molecule has 3 nitrogen and oxygen atoms in total. The summed E-state index contributed by atoms with van der Waals surface area (Å²) in [5.74, 6) is 2.20. The quantitative estimate of drug-likeness (QED) is 0.776. The molecule has 1 fully saturated rings. The average Bonchev–Trinajstić information content (AvgIpc) is 2.20. The van der Waals surface area contributed by atoms with Gasteiger partial charge in [0.1, 0.15) is 0 Å². The zero-order valence-corrected chi connectivity index (χ0v) is 11.3. The maximum Gasteiger partial charge on any atom is 0.0589 e. The van der Waals surface area contributed by atoms with Crippen LogP contribution in [0.3, 0.4) is 0 Å². The van der Waals surface area contributed by atoms with E-state index in [1.807, 2.05) is 0 Å². The molecule has 1 saturated carbocycles. The first-order valence-electron chi connectivity index (χ1n) is 6.47. The van der Waals surface area contributed by atoms with Gasteiger partial charge in [-0.25, -0.2) is 0 Å². The van der Waals surface area contributed by atoms with E-state index < -0.39 is 0 Å². The van der Waals surface area contributed by atoms with Crippen LogP contribution in [0.5, 0.6) is 0 Å². The van der Waals surface area contributed by atoms with Crippen molar-refractivity contribution in [1.29, 1.82) is 0 Å². The molecule has 4 atom stereocenters. The Morgan fingerprint density at radius 3 is 2.56 bits per heavy atom. The first-order valence-corrected chi connectivity index (χ1v) is 6.47. The lowest BCUT2D eigenvalue weighted by Gasteiger charge is -2.39. The molecular weight excluding hydrogens is 200 g/mol. The number of ether oxygens (including phenoxy) is 1. The normalized spacial score (nSPS) is 35.6. The Hall–Kier alpha value is -0.120. The number of nitrogens with two attached hydrogens (primary N) is 1. The van der Waals surface area contributed by atoms with Crippen LogP contribution < -0.4 is 5.73 Å². The number of nitrogens with zero attached hydrogens (tertiary/aromatic N) is 1. The summed E-state index contributed by atoms with van der Waals surface area (Å²) in [6.07, 6.45) is 2.52. The lowest BCUT2D eigenvalue weighted by Crippen LogP contribution is -2.46. The Morgan fingerprint density at radius 1 is 1.31 bits per heavy atom. The first-order chi connectivity index (χ1) is 7.54.